The molecule has 1 saturated heterocycles. The zero-order chi connectivity index (χ0) is 12.4. The van der Waals surface area contributed by atoms with Crippen molar-refractivity contribution in [2.75, 3.05) is 13.1 Å². The fourth-order valence-electron chi connectivity index (χ4n) is 1.99. The predicted molar refractivity (Wildman–Crippen MR) is 61.3 cm³/mol. The highest BCUT2D eigenvalue weighted by atomic mass is 16.5. The molecule has 0 aromatic carbocycles. The summed E-state index contributed by atoms with van der Waals surface area (Å²) in [5, 5.41) is 17.3. The largest absolute Gasteiger partial charge is 0.379 e. The van der Waals surface area contributed by atoms with E-state index in [4.69, 9.17) is 4.52 Å². The van der Waals surface area contributed by atoms with Gasteiger partial charge in [0.25, 0.3) is 5.89 Å². The minimum Gasteiger partial charge on any atom is -0.379 e. The lowest BCUT2D eigenvalue weighted by atomic mass is 9.94. The lowest BCUT2D eigenvalue weighted by Crippen LogP contribution is -2.43. The van der Waals surface area contributed by atoms with Crippen LogP contribution < -0.4 is 5.32 Å². The Bertz CT molecular complexity index is 521. The molecule has 2 aromatic rings. The second kappa shape index (κ2) is 4.43. The van der Waals surface area contributed by atoms with Crippen molar-refractivity contribution in [1.82, 2.24) is 25.4 Å². The van der Waals surface area contributed by atoms with E-state index in [2.05, 4.69) is 25.4 Å². The monoisotopic (exact) mass is 247 g/mol. The van der Waals surface area contributed by atoms with Crippen molar-refractivity contribution >= 4 is 0 Å². The molecule has 3 heterocycles. The SMILES string of the molecule is OC1(c2nc(-c3ncccn3)no2)CCCNC1. The molecule has 2 aromatic heterocycles. The van der Waals surface area contributed by atoms with Gasteiger partial charge in [-0.05, 0) is 25.5 Å². The van der Waals surface area contributed by atoms with Crippen LogP contribution in [0.3, 0.4) is 0 Å². The molecule has 0 bridgehead atoms. The first kappa shape index (κ1) is 11.2. The summed E-state index contributed by atoms with van der Waals surface area (Å²) < 4.78 is 5.13. The molecule has 2 N–H and O–H groups in total. The fourth-order valence-corrected chi connectivity index (χ4v) is 1.99. The number of aromatic nitrogens is 4. The lowest BCUT2D eigenvalue weighted by Gasteiger charge is -2.28. The summed E-state index contributed by atoms with van der Waals surface area (Å²) in [6.07, 6.45) is 4.69. The van der Waals surface area contributed by atoms with Gasteiger partial charge in [-0.1, -0.05) is 5.16 Å². The molecule has 1 fully saturated rings. The molecule has 7 nitrogen and oxygen atoms in total. The molecule has 94 valence electrons. The van der Waals surface area contributed by atoms with Crippen LogP contribution in [0.1, 0.15) is 18.7 Å². The maximum atomic E-state index is 10.4. The van der Waals surface area contributed by atoms with E-state index in [9.17, 15) is 5.11 Å². The van der Waals surface area contributed by atoms with Gasteiger partial charge >= 0.3 is 0 Å². The molecule has 1 atom stereocenters. The maximum absolute atomic E-state index is 10.4. The lowest BCUT2D eigenvalue weighted by molar-refractivity contribution is -0.0167. The molecule has 0 aliphatic carbocycles. The first-order valence-electron chi connectivity index (χ1n) is 5.83. The third-order valence-corrected chi connectivity index (χ3v) is 2.95. The van der Waals surface area contributed by atoms with Crippen LogP contribution in [0.25, 0.3) is 11.6 Å². The molecule has 1 aliphatic heterocycles. The molecular weight excluding hydrogens is 234 g/mol. The second-order valence-electron chi connectivity index (χ2n) is 4.31. The standard InChI is InChI=1S/C11H13N5O2/c17-11(3-1-4-12-7-11)10-15-9(16-18-10)8-13-5-2-6-14-8/h2,5-6,12,17H,1,3-4,7H2. The van der Waals surface area contributed by atoms with E-state index in [-0.39, 0.29) is 5.89 Å². The van der Waals surface area contributed by atoms with E-state index >= 15 is 0 Å². The van der Waals surface area contributed by atoms with Crippen molar-refractivity contribution in [2.45, 2.75) is 18.4 Å². The summed E-state index contributed by atoms with van der Waals surface area (Å²) in [6, 6.07) is 1.71. The highest BCUT2D eigenvalue weighted by Crippen LogP contribution is 2.27. The molecule has 3 rings (SSSR count). The fraction of sp³-hybridized carbons (Fsp3) is 0.455. The van der Waals surface area contributed by atoms with Crippen LogP contribution in [0.2, 0.25) is 0 Å². The minimum absolute atomic E-state index is 0.220. The number of rotatable bonds is 2. The van der Waals surface area contributed by atoms with Gasteiger partial charge in [-0.15, -0.1) is 0 Å². The zero-order valence-corrected chi connectivity index (χ0v) is 9.70. The van der Waals surface area contributed by atoms with Gasteiger partial charge in [0.1, 0.15) is 0 Å². The van der Waals surface area contributed by atoms with Crippen molar-refractivity contribution in [2.24, 2.45) is 0 Å². The molecular formula is C11H13N5O2. The van der Waals surface area contributed by atoms with E-state index in [1.807, 2.05) is 0 Å². The molecule has 18 heavy (non-hydrogen) atoms. The van der Waals surface area contributed by atoms with Crippen molar-refractivity contribution in [3.05, 3.63) is 24.4 Å². The molecule has 1 aliphatic rings. The summed E-state index contributed by atoms with van der Waals surface area (Å²) in [5.74, 6) is 0.904. The third-order valence-electron chi connectivity index (χ3n) is 2.95. The number of β-amino-alcohol motifs (C(OH)–C–C–N with tert-alkyl or cyclic N) is 1. The normalized spacial score (nSPS) is 24.1. The first-order valence-corrected chi connectivity index (χ1v) is 5.83. The molecule has 0 amide bonds. The Balaban J connectivity index is 1.89. The van der Waals surface area contributed by atoms with Crippen molar-refractivity contribution in [3.8, 4) is 11.6 Å². The summed E-state index contributed by atoms with van der Waals surface area (Å²) >= 11 is 0. The average molecular weight is 247 g/mol. The van der Waals surface area contributed by atoms with Gasteiger partial charge in [0.2, 0.25) is 11.6 Å². The molecule has 0 saturated carbocycles. The van der Waals surface area contributed by atoms with Crippen molar-refractivity contribution in [1.29, 1.82) is 0 Å². The Kier molecular flexibility index (Phi) is 2.77. The minimum atomic E-state index is -1.09. The van der Waals surface area contributed by atoms with Crippen LogP contribution in [0.5, 0.6) is 0 Å². The van der Waals surface area contributed by atoms with Crippen LogP contribution in [-0.2, 0) is 5.60 Å². The van der Waals surface area contributed by atoms with Crippen molar-refractivity contribution < 1.29 is 9.63 Å². The number of piperidine rings is 1. The topological polar surface area (TPSA) is 97.0 Å². The van der Waals surface area contributed by atoms with Gasteiger partial charge in [-0.3, -0.25) is 0 Å². The number of nitrogens with one attached hydrogen (secondary N) is 1. The van der Waals surface area contributed by atoms with Gasteiger partial charge in [0.05, 0.1) is 0 Å². The van der Waals surface area contributed by atoms with Crippen LogP contribution in [0, 0.1) is 0 Å². The quantitative estimate of drug-likeness (QED) is 0.776. The van der Waals surface area contributed by atoms with E-state index in [0.29, 0.717) is 24.6 Å². The average Bonchev–Trinajstić information content (AvgIpc) is 2.91. The molecule has 0 radical (unpaired) electrons. The second-order valence-corrected chi connectivity index (χ2v) is 4.31. The number of aliphatic hydroxyl groups is 1. The Labute approximate surface area is 103 Å². The van der Waals surface area contributed by atoms with Crippen molar-refractivity contribution in [3.63, 3.8) is 0 Å². The Morgan fingerprint density at radius 3 is 2.83 bits per heavy atom. The summed E-state index contributed by atoms with van der Waals surface area (Å²) in [5.41, 5.74) is -1.09. The van der Waals surface area contributed by atoms with Gasteiger partial charge in [0.15, 0.2) is 5.60 Å². The number of hydrogen-bond donors (Lipinski definition) is 2. The Morgan fingerprint density at radius 2 is 2.11 bits per heavy atom. The van der Waals surface area contributed by atoms with Crippen LogP contribution >= 0.6 is 0 Å². The van der Waals surface area contributed by atoms with Gasteiger partial charge in [0, 0.05) is 18.9 Å². The maximum Gasteiger partial charge on any atom is 0.260 e. The van der Waals surface area contributed by atoms with Crippen LogP contribution in [0.15, 0.2) is 23.0 Å². The molecule has 1 unspecified atom stereocenters. The molecule has 0 spiro atoms. The smallest absolute Gasteiger partial charge is 0.260 e. The van der Waals surface area contributed by atoms with Crippen LogP contribution in [0.4, 0.5) is 0 Å². The summed E-state index contributed by atoms with van der Waals surface area (Å²) in [6.45, 7) is 1.31. The third kappa shape index (κ3) is 1.98. The highest BCUT2D eigenvalue weighted by Gasteiger charge is 2.37. The van der Waals surface area contributed by atoms with Gasteiger partial charge in [-0.2, -0.15) is 4.98 Å². The first-order chi connectivity index (χ1) is 8.78. The number of nitrogens with zero attached hydrogens (tertiary/aromatic N) is 4. The summed E-state index contributed by atoms with van der Waals surface area (Å²) in [7, 11) is 0. The number of hydrogen-bond acceptors (Lipinski definition) is 7. The van der Waals surface area contributed by atoms with Gasteiger partial charge < -0.3 is 14.9 Å². The van der Waals surface area contributed by atoms with Crippen LogP contribution in [-0.4, -0.2) is 38.3 Å². The predicted octanol–water partition coefficient (Wildman–Crippen LogP) is 0.0976. The molecule has 7 heteroatoms. The van der Waals surface area contributed by atoms with E-state index in [1.165, 1.54) is 0 Å². The Hall–Kier alpha value is -1.86. The van der Waals surface area contributed by atoms with Gasteiger partial charge in [-0.25, -0.2) is 9.97 Å². The summed E-state index contributed by atoms with van der Waals surface area (Å²) in [4.78, 5) is 12.3. The zero-order valence-electron chi connectivity index (χ0n) is 9.70. The Morgan fingerprint density at radius 1 is 1.28 bits per heavy atom. The van der Waals surface area contributed by atoms with E-state index in [0.717, 1.165) is 13.0 Å². The highest BCUT2D eigenvalue weighted by molar-refractivity contribution is 5.40. The van der Waals surface area contributed by atoms with E-state index in [1.54, 1.807) is 18.5 Å². The van der Waals surface area contributed by atoms with E-state index < -0.39 is 5.60 Å².